The third kappa shape index (κ3) is 4.51. The number of aromatic amines is 1. The van der Waals surface area contributed by atoms with Crippen molar-refractivity contribution in [2.24, 2.45) is 5.92 Å². The number of para-hydroxylation sites is 1. The van der Waals surface area contributed by atoms with Crippen LogP contribution in [-0.2, 0) is 6.54 Å². The molecule has 3 N–H and O–H groups in total. The number of carbonyl (C=O) groups is 1. The molecule has 0 saturated carbocycles. The summed E-state index contributed by atoms with van der Waals surface area (Å²) in [7, 11) is 0. The van der Waals surface area contributed by atoms with Gasteiger partial charge in [-0.05, 0) is 31.4 Å². The van der Waals surface area contributed by atoms with E-state index in [0.717, 1.165) is 18.5 Å². The Kier molecular flexibility index (Phi) is 6.97. The van der Waals surface area contributed by atoms with Crippen molar-refractivity contribution >= 4 is 17.4 Å². The minimum atomic E-state index is -0.678. The quantitative estimate of drug-likeness (QED) is 0.560. The molecule has 0 radical (unpaired) electrons. The van der Waals surface area contributed by atoms with Crippen molar-refractivity contribution in [1.29, 1.82) is 0 Å². The Morgan fingerprint density at radius 2 is 1.91 bits per heavy atom. The first kappa shape index (κ1) is 23.1. The molecule has 0 unspecified atom stereocenters. The third-order valence-corrected chi connectivity index (χ3v) is 5.25. The highest BCUT2D eigenvalue weighted by Crippen LogP contribution is 2.23. The topological polar surface area (TPSA) is 119 Å². The van der Waals surface area contributed by atoms with Gasteiger partial charge in [0.15, 0.2) is 5.69 Å². The van der Waals surface area contributed by atoms with Gasteiger partial charge in [-0.25, -0.2) is 9.48 Å². The largest absolute Gasteiger partial charge is 0.383 e. The van der Waals surface area contributed by atoms with Crippen LogP contribution in [0.15, 0.2) is 46.1 Å². The van der Waals surface area contributed by atoms with E-state index in [4.69, 9.17) is 5.73 Å². The van der Waals surface area contributed by atoms with Crippen LogP contribution in [-0.4, -0.2) is 31.8 Å². The SMILES string of the molecule is CCCCn1c(N)c(N(CC(C)C)C(=O)c2cnn(-c3ccccc3)c2C)c(=O)[nH]c1=O. The van der Waals surface area contributed by atoms with Gasteiger partial charge in [-0.15, -0.1) is 0 Å². The fraction of sp³-hybridized carbons (Fsp3) is 0.391. The zero-order valence-electron chi connectivity index (χ0n) is 19.0. The highest BCUT2D eigenvalue weighted by molar-refractivity contribution is 6.07. The summed E-state index contributed by atoms with van der Waals surface area (Å²) in [5.41, 5.74) is 6.85. The van der Waals surface area contributed by atoms with Crippen molar-refractivity contribution in [3.63, 3.8) is 0 Å². The maximum atomic E-state index is 13.6. The molecule has 0 saturated heterocycles. The summed E-state index contributed by atoms with van der Waals surface area (Å²) in [6, 6.07) is 9.48. The maximum Gasteiger partial charge on any atom is 0.330 e. The highest BCUT2D eigenvalue weighted by atomic mass is 16.2. The van der Waals surface area contributed by atoms with E-state index in [-0.39, 0.29) is 24.0 Å². The summed E-state index contributed by atoms with van der Waals surface area (Å²) in [5, 5.41) is 4.38. The molecule has 0 fully saturated rings. The van der Waals surface area contributed by atoms with Gasteiger partial charge in [-0.2, -0.15) is 5.10 Å². The predicted octanol–water partition coefficient (Wildman–Crippen LogP) is 2.72. The zero-order valence-corrected chi connectivity index (χ0v) is 19.0. The summed E-state index contributed by atoms with van der Waals surface area (Å²) in [4.78, 5) is 42.4. The Bertz CT molecular complexity index is 1210. The van der Waals surface area contributed by atoms with Crippen LogP contribution >= 0.6 is 0 Å². The molecule has 170 valence electrons. The second-order valence-electron chi connectivity index (χ2n) is 8.20. The van der Waals surface area contributed by atoms with Gasteiger partial charge < -0.3 is 10.6 Å². The Balaban J connectivity index is 2.11. The number of aromatic nitrogens is 4. The number of anilines is 2. The number of hydrogen-bond acceptors (Lipinski definition) is 5. The summed E-state index contributed by atoms with van der Waals surface area (Å²) in [6.07, 6.45) is 3.07. The molecule has 0 bridgehead atoms. The molecule has 3 rings (SSSR count). The molecule has 2 aromatic heterocycles. The lowest BCUT2D eigenvalue weighted by atomic mass is 10.1. The van der Waals surface area contributed by atoms with Gasteiger partial charge in [0.25, 0.3) is 11.5 Å². The van der Waals surface area contributed by atoms with Crippen LogP contribution in [0, 0.1) is 12.8 Å². The van der Waals surface area contributed by atoms with Gasteiger partial charge in [0.1, 0.15) is 5.82 Å². The van der Waals surface area contributed by atoms with Crippen LogP contribution in [0.25, 0.3) is 5.69 Å². The molecule has 9 heteroatoms. The van der Waals surface area contributed by atoms with Crippen molar-refractivity contribution in [1.82, 2.24) is 19.3 Å². The third-order valence-electron chi connectivity index (χ3n) is 5.25. The van der Waals surface area contributed by atoms with Crippen molar-refractivity contribution in [3.8, 4) is 5.69 Å². The summed E-state index contributed by atoms with van der Waals surface area (Å²) in [6.45, 7) is 8.30. The fourth-order valence-electron chi connectivity index (χ4n) is 3.61. The Labute approximate surface area is 186 Å². The van der Waals surface area contributed by atoms with E-state index < -0.39 is 17.2 Å². The number of nitrogens with one attached hydrogen (secondary N) is 1. The first-order valence-electron chi connectivity index (χ1n) is 10.8. The molecule has 0 atom stereocenters. The number of benzene rings is 1. The molecule has 32 heavy (non-hydrogen) atoms. The van der Waals surface area contributed by atoms with Crippen molar-refractivity contribution in [3.05, 3.63) is 68.6 Å². The standard InChI is InChI=1S/C23H30N6O3/c1-5-6-12-27-20(24)19(21(30)26-23(27)32)28(14-15(2)3)22(31)18-13-25-29(16(18)4)17-10-8-7-9-11-17/h7-11,13,15H,5-6,12,14,24H2,1-4H3,(H,26,30,32). The van der Waals surface area contributed by atoms with Crippen LogP contribution in [0.5, 0.6) is 0 Å². The molecular weight excluding hydrogens is 408 g/mol. The van der Waals surface area contributed by atoms with Gasteiger partial charge in [0.05, 0.1) is 23.1 Å². The van der Waals surface area contributed by atoms with Gasteiger partial charge in [0.2, 0.25) is 0 Å². The van der Waals surface area contributed by atoms with Crippen LogP contribution in [0.1, 0.15) is 49.7 Å². The van der Waals surface area contributed by atoms with Crippen LogP contribution in [0.3, 0.4) is 0 Å². The van der Waals surface area contributed by atoms with Crippen molar-refractivity contribution < 1.29 is 4.79 Å². The molecule has 0 aliphatic rings. The Morgan fingerprint density at radius 3 is 2.53 bits per heavy atom. The van der Waals surface area contributed by atoms with E-state index in [9.17, 15) is 14.4 Å². The van der Waals surface area contributed by atoms with Gasteiger partial charge in [-0.3, -0.25) is 19.1 Å². The number of H-pyrrole nitrogens is 1. The van der Waals surface area contributed by atoms with E-state index in [1.165, 1.54) is 15.7 Å². The lowest BCUT2D eigenvalue weighted by molar-refractivity contribution is 0.0983. The number of amides is 1. The second kappa shape index (κ2) is 9.67. The molecule has 0 aliphatic heterocycles. The number of rotatable bonds is 8. The minimum Gasteiger partial charge on any atom is -0.383 e. The summed E-state index contributed by atoms with van der Waals surface area (Å²) >= 11 is 0. The monoisotopic (exact) mass is 438 g/mol. The predicted molar refractivity (Wildman–Crippen MR) is 125 cm³/mol. The van der Waals surface area contributed by atoms with Crippen molar-refractivity contribution in [2.45, 2.75) is 47.1 Å². The molecule has 2 heterocycles. The molecule has 1 aromatic carbocycles. The molecule has 0 spiro atoms. The number of nitrogens with zero attached hydrogens (tertiary/aromatic N) is 4. The average molecular weight is 439 g/mol. The highest BCUT2D eigenvalue weighted by Gasteiger charge is 2.28. The second-order valence-corrected chi connectivity index (χ2v) is 8.20. The Hall–Kier alpha value is -3.62. The number of hydrogen-bond donors (Lipinski definition) is 2. The van der Waals surface area contributed by atoms with Gasteiger partial charge >= 0.3 is 5.69 Å². The van der Waals surface area contributed by atoms with Crippen molar-refractivity contribution in [2.75, 3.05) is 17.2 Å². The number of unbranched alkanes of at least 4 members (excludes halogenated alkanes) is 1. The van der Waals surface area contributed by atoms with Gasteiger partial charge in [-0.1, -0.05) is 45.4 Å². The number of nitrogens with two attached hydrogens (primary N) is 1. The van der Waals surface area contributed by atoms with E-state index in [0.29, 0.717) is 17.8 Å². The van der Waals surface area contributed by atoms with Gasteiger partial charge in [0, 0.05) is 13.1 Å². The molecule has 9 nitrogen and oxygen atoms in total. The maximum absolute atomic E-state index is 13.6. The minimum absolute atomic E-state index is 0.00527. The first-order chi connectivity index (χ1) is 15.3. The smallest absolute Gasteiger partial charge is 0.330 e. The van der Waals surface area contributed by atoms with E-state index in [2.05, 4.69) is 10.1 Å². The summed E-state index contributed by atoms with van der Waals surface area (Å²) in [5.74, 6) is -0.344. The average Bonchev–Trinajstić information content (AvgIpc) is 3.13. The number of carbonyl (C=O) groups excluding carboxylic acids is 1. The zero-order chi connectivity index (χ0) is 23.4. The molecule has 0 aliphatic carbocycles. The van der Waals surface area contributed by atoms with E-state index in [1.54, 1.807) is 11.6 Å². The molecule has 1 amide bonds. The summed E-state index contributed by atoms with van der Waals surface area (Å²) < 4.78 is 3.00. The van der Waals surface area contributed by atoms with E-state index >= 15 is 0 Å². The lowest BCUT2D eigenvalue weighted by Gasteiger charge is -2.26. The molecular formula is C23H30N6O3. The number of nitrogen functional groups attached to an aromatic ring is 1. The van der Waals surface area contributed by atoms with Crippen LogP contribution in [0.2, 0.25) is 0 Å². The molecule has 3 aromatic rings. The van der Waals surface area contributed by atoms with E-state index in [1.807, 2.05) is 51.1 Å². The van der Waals surface area contributed by atoms with Crippen LogP contribution < -0.4 is 21.9 Å². The normalized spacial score (nSPS) is 11.2. The first-order valence-corrected chi connectivity index (χ1v) is 10.8. The van der Waals surface area contributed by atoms with Crippen LogP contribution in [0.4, 0.5) is 11.5 Å². The fourth-order valence-corrected chi connectivity index (χ4v) is 3.61. The Morgan fingerprint density at radius 1 is 1.22 bits per heavy atom. The lowest BCUT2D eigenvalue weighted by Crippen LogP contribution is -2.42.